The fraction of sp³-hybridized carbons (Fsp3) is 0.0893. The van der Waals surface area contributed by atoms with E-state index in [4.69, 9.17) is 15.0 Å². The third-order valence-electron chi connectivity index (χ3n) is 11.4. The average molecular weight is 839 g/mol. The van der Waals surface area contributed by atoms with Crippen LogP contribution in [-0.2, 0) is 32.2 Å². The predicted molar refractivity (Wildman–Crippen MR) is 259 cm³/mol. The fourth-order valence-electron chi connectivity index (χ4n) is 8.07. The molecule has 5 N–H and O–H groups in total. The number of fused-ring (bicyclic) bond motifs is 8. The molecule has 8 nitrogen and oxygen atoms in total. The van der Waals surface area contributed by atoms with Gasteiger partial charge in [-0.3, -0.25) is 15.0 Å². The van der Waals surface area contributed by atoms with E-state index in [9.17, 15) is 20.4 Å². The number of phenolic OH excluding ortho intramolecular Hbond substituents is 4. The zero-order valence-electron chi connectivity index (χ0n) is 35.1. The van der Waals surface area contributed by atoms with Gasteiger partial charge in [-0.15, -0.1) is 0 Å². The Balaban J connectivity index is 1.23. The zero-order valence-corrected chi connectivity index (χ0v) is 35.1. The number of hydrogen-bond acceptors (Lipinski definition) is 8. The van der Waals surface area contributed by atoms with Gasteiger partial charge in [-0.1, -0.05) is 121 Å². The molecular formula is C56H46N4O4. The van der Waals surface area contributed by atoms with E-state index in [1.807, 2.05) is 170 Å². The highest BCUT2D eigenvalue weighted by molar-refractivity contribution is 5.84. The van der Waals surface area contributed by atoms with Crippen molar-refractivity contribution in [2.24, 2.45) is 15.0 Å². The number of phenols is 4. The monoisotopic (exact) mass is 838 g/mol. The van der Waals surface area contributed by atoms with Crippen LogP contribution in [0.15, 0.2) is 185 Å². The zero-order chi connectivity index (χ0) is 43.8. The highest BCUT2D eigenvalue weighted by Crippen LogP contribution is 2.42. The molecule has 0 aromatic heterocycles. The molecule has 0 radical (unpaired) electrons. The van der Waals surface area contributed by atoms with E-state index in [1.54, 1.807) is 18.6 Å². The van der Waals surface area contributed by atoms with Crippen LogP contribution in [0, 0.1) is 0 Å². The number of nitrogens with zero attached hydrogens (tertiary/aromatic N) is 3. The van der Waals surface area contributed by atoms with Gasteiger partial charge in [-0.2, -0.15) is 0 Å². The van der Waals surface area contributed by atoms with E-state index >= 15 is 0 Å². The SMILES string of the molecule is Oc1c2cc(/N=C/c3ccccc3)cc1Cc1cc(/N=C/c3ccccc3)cc(c1O)Cc1cc(NCc3ccccc3)cc(c1O)Cc1cc(/N=C/c3ccccc3)cc(c1O)C2. The van der Waals surface area contributed by atoms with Crippen molar-refractivity contribution >= 4 is 41.4 Å². The summed E-state index contributed by atoms with van der Waals surface area (Å²) in [4.78, 5) is 14.5. The molecule has 0 amide bonds. The Morgan fingerprint density at radius 2 is 0.625 bits per heavy atom. The lowest BCUT2D eigenvalue weighted by molar-refractivity contribution is 0.450. The van der Waals surface area contributed by atoms with E-state index in [2.05, 4.69) is 5.32 Å². The molecule has 8 aromatic rings. The molecule has 9 rings (SSSR count). The molecule has 8 aromatic carbocycles. The maximum Gasteiger partial charge on any atom is 0.122 e. The number of benzene rings is 8. The van der Waals surface area contributed by atoms with E-state index in [0.717, 1.165) is 27.9 Å². The van der Waals surface area contributed by atoms with Crippen LogP contribution in [0.1, 0.15) is 66.8 Å². The number of nitrogens with one attached hydrogen (secondary N) is 1. The normalized spacial score (nSPS) is 12.6. The third kappa shape index (κ3) is 9.77. The molecule has 0 saturated carbocycles. The first-order chi connectivity index (χ1) is 31.3. The largest absolute Gasteiger partial charge is 0.507 e. The third-order valence-corrected chi connectivity index (χ3v) is 11.4. The van der Waals surface area contributed by atoms with Crippen LogP contribution >= 0.6 is 0 Å². The molecule has 0 spiro atoms. The highest BCUT2D eigenvalue weighted by atomic mass is 16.3. The molecule has 0 saturated heterocycles. The summed E-state index contributed by atoms with van der Waals surface area (Å²) in [6.07, 6.45) is 5.92. The molecule has 0 fully saturated rings. The van der Waals surface area contributed by atoms with Crippen LogP contribution in [0.4, 0.5) is 22.7 Å². The van der Waals surface area contributed by atoms with Gasteiger partial charge in [0.15, 0.2) is 0 Å². The first-order valence-corrected chi connectivity index (χ1v) is 21.3. The number of rotatable bonds is 9. The first-order valence-electron chi connectivity index (χ1n) is 21.3. The van der Waals surface area contributed by atoms with Gasteiger partial charge in [0, 0.05) is 101 Å². The lowest BCUT2D eigenvalue weighted by Gasteiger charge is -2.19. The van der Waals surface area contributed by atoms with Crippen molar-refractivity contribution in [2.45, 2.75) is 32.2 Å². The maximum atomic E-state index is 12.2. The summed E-state index contributed by atoms with van der Waals surface area (Å²) >= 11 is 0. The quantitative estimate of drug-likeness (QED) is 0.0730. The van der Waals surface area contributed by atoms with E-state index in [0.29, 0.717) is 68.1 Å². The van der Waals surface area contributed by atoms with Crippen molar-refractivity contribution in [3.63, 3.8) is 0 Å². The Morgan fingerprint density at radius 1 is 0.359 bits per heavy atom. The topological polar surface area (TPSA) is 130 Å². The summed E-state index contributed by atoms with van der Waals surface area (Å²) < 4.78 is 0. The summed E-state index contributed by atoms with van der Waals surface area (Å²) in [5, 5.41) is 52.2. The summed E-state index contributed by atoms with van der Waals surface area (Å²) in [5.41, 5.74) is 10.8. The summed E-state index contributed by atoms with van der Waals surface area (Å²) in [7, 11) is 0. The van der Waals surface area contributed by atoms with Gasteiger partial charge in [0.1, 0.15) is 23.0 Å². The van der Waals surface area contributed by atoms with E-state index in [-0.39, 0.29) is 48.7 Å². The van der Waals surface area contributed by atoms with Crippen molar-refractivity contribution in [3.8, 4) is 23.0 Å². The second-order valence-corrected chi connectivity index (χ2v) is 16.0. The summed E-state index contributed by atoms with van der Waals surface area (Å²) in [6.45, 7) is 0.543. The predicted octanol–water partition coefficient (Wildman–Crippen LogP) is 12.0. The molecule has 8 heteroatoms. The standard InChI is InChI=1S/C56H46N4O4/c61-53-41-21-43-27-50(58-34-38-15-7-2-8-16-38)29-45(54(43)62)23-47-31-52(60-36-40-19-11-4-12-20-40)32-48(56(47)64)24-46-30-51(59-35-39-17-9-3-10-18-39)28-44(55(46)63)22-42(53)26-49(25-41)57-33-37-13-5-1-6-14-37/h1-20,25-35,60-64H,21-24,36H2/b57-33+,58-34+,59-35+. The molecule has 1 aliphatic carbocycles. The molecule has 0 unspecified atom stereocenters. The lowest BCUT2D eigenvalue weighted by atomic mass is 9.90. The molecule has 0 heterocycles. The van der Waals surface area contributed by atoms with E-state index in [1.165, 1.54) is 0 Å². The minimum absolute atomic E-state index is 0.0287. The molecule has 64 heavy (non-hydrogen) atoms. The minimum atomic E-state index is 0.0287. The van der Waals surface area contributed by atoms with Gasteiger partial charge < -0.3 is 25.7 Å². The van der Waals surface area contributed by atoms with Gasteiger partial charge in [0.2, 0.25) is 0 Å². The molecule has 0 atom stereocenters. The molecule has 314 valence electrons. The molecule has 1 aliphatic rings. The van der Waals surface area contributed by atoms with Crippen molar-refractivity contribution in [1.29, 1.82) is 0 Å². The van der Waals surface area contributed by atoms with Gasteiger partial charge in [-0.05, 0) is 70.8 Å². The second kappa shape index (κ2) is 18.8. The van der Waals surface area contributed by atoms with Crippen molar-refractivity contribution < 1.29 is 20.4 Å². The number of hydrogen-bond donors (Lipinski definition) is 5. The Hall–Kier alpha value is -8.23. The highest BCUT2D eigenvalue weighted by Gasteiger charge is 2.22. The second-order valence-electron chi connectivity index (χ2n) is 16.0. The lowest BCUT2D eigenvalue weighted by Crippen LogP contribution is -2.04. The minimum Gasteiger partial charge on any atom is -0.507 e. The van der Waals surface area contributed by atoms with Gasteiger partial charge in [0.25, 0.3) is 0 Å². The Kier molecular flexibility index (Phi) is 12.1. The fourth-order valence-corrected chi connectivity index (χ4v) is 8.07. The Labute approximate surface area is 372 Å². The summed E-state index contributed by atoms with van der Waals surface area (Å²) in [6, 6.07) is 54.2. The Morgan fingerprint density at radius 3 is 0.922 bits per heavy atom. The summed E-state index contributed by atoms with van der Waals surface area (Å²) in [5.74, 6) is 0.162. The number of aromatic hydroxyl groups is 4. The van der Waals surface area contributed by atoms with Crippen LogP contribution in [0.25, 0.3) is 0 Å². The number of anilines is 1. The van der Waals surface area contributed by atoms with Gasteiger partial charge >= 0.3 is 0 Å². The first kappa shape index (κ1) is 41.1. The van der Waals surface area contributed by atoms with Crippen LogP contribution in [0.5, 0.6) is 23.0 Å². The average Bonchev–Trinajstić information content (AvgIpc) is 3.32. The van der Waals surface area contributed by atoms with Crippen LogP contribution in [0.3, 0.4) is 0 Å². The maximum absolute atomic E-state index is 12.2. The molecular weight excluding hydrogens is 793 g/mol. The number of aliphatic imine (C=N–C) groups is 3. The van der Waals surface area contributed by atoms with Crippen molar-refractivity contribution in [3.05, 3.63) is 237 Å². The van der Waals surface area contributed by atoms with Crippen LogP contribution in [-0.4, -0.2) is 39.1 Å². The molecule has 8 bridgehead atoms. The molecule has 0 aliphatic heterocycles. The van der Waals surface area contributed by atoms with Crippen molar-refractivity contribution in [1.82, 2.24) is 0 Å². The Bertz CT molecular complexity index is 2870. The van der Waals surface area contributed by atoms with Gasteiger partial charge in [0.05, 0.1) is 17.1 Å². The smallest absolute Gasteiger partial charge is 0.122 e. The van der Waals surface area contributed by atoms with Crippen molar-refractivity contribution in [2.75, 3.05) is 5.32 Å². The van der Waals surface area contributed by atoms with E-state index < -0.39 is 0 Å². The van der Waals surface area contributed by atoms with Crippen LogP contribution < -0.4 is 5.32 Å². The van der Waals surface area contributed by atoms with Gasteiger partial charge in [-0.25, -0.2) is 0 Å². The van der Waals surface area contributed by atoms with Crippen LogP contribution in [0.2, 0.25) is 0 Å².